The van der Waals surface area contributed by atoms with Crippen molar-refractivity contribution in [3.63, 3.8) is 0 Å². The van der Waals surface area contributed by atoms with Gasteiger partial charge in [0.25, 0.3) is 0 Å². The first kappa shape index (κ1) is 13.8. The Kier molecular flexibility index (Phi) is 2.44. The zero-order valence-electron chi connectivity index (χ0n) is 12.5. The Balaban J connectivity index is 1.64. The molecule has 0 atom stereocenters. The average molecular weight is 272 g/mol. The number of rotatable bonds is 3. The van der Waals surface area contributed by atoms with Crippen molar-refractivity contribution in [2.45, 2.75) is 82.7 Å². The summed E-state index contributed by atoms with van der Waals surface area (Å²) in [5.74, 6) is -2.55. The van der Waals surface area contributed by atoms with Gasteiger partial charge in [-0.3, -0.25) is 0 Å². The lowest BCUT2D eigenvalue weighted by atomic mass is 9.23. The Bertz CT molecular complexity index is 378. The van der Waals surface area contributed by atoms with Crippen LogP contribution >= 0.6 is 0 Å². The van der Waals surface area contributed by atoms with E-state index in [4.69, 9.17) is 9.31 Å². The van der Waals surface area contributed by atoms with Gasteiger partial charge in [-0.2, -0.15) is 0 Å². The monoisotopic (exact) mass is 272 g/mol. The van der Waals surface area contributed by atoms with E-state index in [1.807, 2.05) is 27.7 Å². The highest BCUT2D eigenvalue weighted by Gasteiger charge is 2.77. The van der Waals surface area contributed by atoms with Crippen molar-refractivity contribution in [1.82, 2.24) is 0 Å². The Hall–Kier alpha value is -0.155. The molecule has 2 nitrogen and oxygen atoms in total. The quantitative estimate of drug-likeness (QED) is 0.721. The fraction of sp³-hybridized carbons (Fsp3) is 1.00. The maximum absolute atomic E-state index is 13.1. The van der Waals surface area contributed by atoms with Gasteiger partial charge in [0.05, 0.1) is 11.2 Å². The van der Waals surface area contributed by atoms with E-state index in [9.17, 15) is 8.78 Å². The fourth-order valence-corrected chi connectivity index (χ4v) is 4.27. The zero-order chi connectivity index (χ0) is 14.3. The van der Waals surface area contributed by atoms with Crippen LogP contribution in [0.25, 0.3) is 0 Å². The molecule has 0 spiro atoms. The van der Waals surface area contributed by atoms with Crippen LogP contribution < -0.4 is 0 Å². The van der Waals surface area contributed by atoms with E-state index in [0.717, 1.165) is 26.2 Å². The topological polar surface area (TPSA) is 18.5 Å². The maximum Gasteiger partial charge on any atom is 0.464 e. The first-order chi connectivity index (χ1) is 8.39. The lowest BCUT2D eigenvalue weighted by Gasteiger charge is -2.71. The van der Waals surface area contributed by atoms with Crippen LogP contribution in [0.1, 0.15) is 60.3 Å². The number of hydrogen-bond donors (Lipinski definition) is 0. The third-order valence-corrected chi connectivity index (χ3v) is 5.62. The number of halogens is 2. The van der Waals surface area contributed by atoms with Gasteiger partial charge in [-0.15, -0.1) is 0 Å². The van der Waals surface area contributed by atoms with Gasteiger partial charge in [-0.1, -0.05) is 0 Å². The fourth-order valence-electron chi connectivity index (χ4n) is 4.27. The minimum Gasteiger partial charge on any atom is -0.403 e. The summed E-state index contributed by atoms with van der Waals surface area (Å²) < 4.78 is 38.4. The van der Waals surface area contributed by atoms with Crippen LogP contribution in [-0.2, 0) is 9.31 Å². The van der Waals surface area contributed by atoms with E-state index < -0.39 is 5.92 Å². The van der Waals surface area contributed by atoms with Gasteiger partial charge in [0, 0.05) is 11.7 Å². The van der Waals surface area contributed by atoms with E-state index in [1.165, 1.54) is 0 Å². The molecule has 0 N–H and O–H groups in total. The first-order valence-electron chi connectivity index (χ1n) is 7.12. The molecule has 2 bridgehead atoms. The predicted octanol–water partition coefficient (Wildman–Crippen LogP) is 4.05. The molecular formula is C14H23BF2O2. The maximum atomic E-state index is 13.1. The molecule has 1 aliphatic heterocycles. The summed E-state index contributed by atoms with van der Waals surface area (Å²) >= 11 is 0. The van der Waals surface area contributed by atoms with Crippen molar-refractivity contribution in [1.29, 1.82) is 0 Å². The largest absolute Gasteiger partial charge is 0.464 e. The van der Waals surface area contributed by atoms with E-state index in [2.05, 4.69) is 0 Å². The van der Waals surface area contributed by atoms with Crippen LogP contribution in [0.15, 0.2) is 0 Å². The van der Waals surface area contributed by atoms with Crippen molar-refractivity contribution in [2.75, 3.05) is 0 Å². The lowest BCUT2D eigenvalue weighted by Crippen LogP contribution is -2.65. The Morgan fingerprint density at radius 3 is 1.79 bits per heavy atom. The molecule has 1 heterocycles. The second kappa shape index (κ2) is 3.36. The van der Waals surface area contributed by atoms with Crippen molar-refractivity contribution >= 4 is 7.12 Å². The SMILES string of the molecule is CC(F)(F)CC12CC(B3OC(C)(C)C(C)(C)O3)(C1)C2. The highest BCUT2D eigenvalue weighted by Crippen LogP contribution is 2.82. The van der Waals surface area contributed by atoms with Crippen LogP contribution in [-0.4, -0.2) is 24.2 Å². The Morgan fingerprint density at radius 2 is 1.42 bits per heavy atom. The minimum absolute atomic E-state index is 0.0102. The van der Waals surface area contributed by atoms with Crippen molar-refractivity contribution in [3.8, 4) is 0 Å². The molecule has 19 heavy (non-hydrogen) atoms. The van der Waals surface area contributed by atoms with E-state index in [1.54, 1.807) is 0 Å². The summed E-state index contributed by atoms with van der Waals surface area (Å²) in [6.45, 7) is 9.17. The van der Waals surface area contributed by atoms with E-state index in [-0.39, 0.29) is 35.5 Å². The molecule has 0 radical (unpaired) electrons. The summed E-state index contributed by atoms with van der Waals surface area (Å²) in [5.41, 5.74) is -0.786. The standard InChI is InChI=1S/C14H23BF2O2/c1-10(2)11(3,4)19-15(18-10)14-7-13(8-14,9-14)6-12(5,16)17/h6-9H2,1-5H3. The molecule has 108 valence electrons. The number of hydrogen-bond acceptors (Lipinski definition) is 2. The van der Waals surface area contributed by atoms with Gasteiger partial charge in [0.1, 0.15) is 0 Å². The second-order valence-corrected chi connectivity index (χ2v) is 8.23. The van der Waals surface area contributed by atoms with Crippen molar-refractivity contribution < 1.29 is 18.1 Å². The summed E-state index contributed by atoms with van der Waals surface area (Å²) in [5, 5.41) is 0.0102. The van der Waals surface area contributed by atoms with E-state index >= 15 is 0 Å². The summed E-state index contributed by atoms with van der Waals surface area (Å²) in [4.78, 5) is 0. The average Bonchev–Trinajstić information content (AvgIpc) is 2.24. The zero-order valence-corrected chi connectivity index (χ0v) is 12.5. The minimum atomic E-state index is -2.55. The molecule has 3 saturated carbocycles. The molecule has 0 aromatic carbocycles. The van der Waals surface area contributed by atoms with Gasteiger partial charge >= 0.3 is 7.12 Å². The smallest absolute Gasteiger partial charge is 0.403 e. The Morgan fingerprint density at radius 1 is 1.00 bits per heavy atom. The molecule has 3 aliphatic carbocycles. The highest BCUT2D eigenvalue weighted by molar-refractivity contribution is 6.51. The first-order valence-corrected chi connectivity index (χ1v) is 7.12. The summed E-state index contributed by atoms with van der Waals surface area (Å²) in [6.07, 6.45) is 2.52. The van der Waals surface area contributed by atoms with Gasteiger partial charge in [-0.05, 0) is 59.3 Å². The van der Waals surface area contributed by atoms with Crippen LogP contribution in [0.5, 0.6) is 0 Å². The summed E-state index contributed by atoms with van der Waals surface area (Å²) in [6, 6.07) is 0. The Labute approximate surface area is 114 Å². The molecule has 0 unspecified atom stereocenters. The molecule has 0 aromatic heterocycles. The van der Waals surface area contributed by atoms with Crippen LogP contribution in [0.2, 0.25) is 5.31 Å². The molecular weight excluding hydrogens is 249 g/mol. The molecule has 0 aromatic rings. The predicted molar refractivity (Wildman–Crippen MR) is 70.3 cm³/mol. The van der Waals surface area contributed by atoms with Gasteiger partial charge < -0.3 is 9.31 Å². The highest BCUT2D eigenvalue weighted by atomic mass is 19.3. The molecule has 4 fully saturated rings. The van der Waals surface area contributed by atoms with Gasteiger partial charge in [-0.25, -0.2) is 8.78 Å². The molecule has 5 heteroatoms. The molecule has 1 saturated heterocycles. The van der Waals surface area contributed by atoms with Crippen LogP contribution in [0, 0.1) is 5.41 Å². The van der Waals surface area contributed by atoms with Crippen molar-refractivity contribution in [3.05, 3.63) is 0 Å². The van der Waals surface area contributed by atoms with E-state index in [0.29, 0.717) is 0 Å². The second-order valence-electron chi connectivity index (χ2n) is 8.23. The van der Waals surface area contributed by atoms with Gasteiger partial charge in [0.2, 0.25) is 5.92 Å². The van der Waals surface area contributed by atoms with Gasteiger partial charge in [0.15, 0.2) is 0 Å². The summed E-state index contributed by atoms with van der Waals surface area (Å²) in [7, 11) is -0.218. The van der Waals surface area contributed by atoms with Crippen molar-refractivity contribution in [2.24, 2.45) is 5.41 Å². The molecule has 4 aliphatic rings. The van der Waals surface area contributed by atoms with Crippen LogP contribution in [0.3, 0.4) is 0 Å². The lowest BCUT2D eigenvalue weighted by molar-refractivity contribution is -0.165. The molecule has 0 amide bonds. The third-order valence-electron chi connectivity index (χ3n) is 5.62. The third kappa shape index (κ3) is 1.88. The molecule has 4 rings (SSSR count). The number of alkyl halides is 2. The normalized spacial score (nSPS) is 42.8. The van der Waals surface area contributed by atoms with Crippen LogP contribution in [0.4, 0.5) is 8.78 Å².